The summed E-state index contributed by atoms with van der Waals surface area (Å²) in [6, 6.07) is 18.8. The van der Waals surface area contributed by atoms with Crippen LogP contribution in [0, 0.1) is 6.92 Å². The molecule has 0 fully saturated rings. The maximum atomic E-state index is 13.2. The summed E-state index contributed by atoms with van der Waals surface area (Å²) >= 11 is 0. The number of para-hydroxylation sites is 2. The fourth-order valence-electron chi connectivity index (χ4n) is 4.29. The Kier molecular flexibility index (Phi) is 4.97. The third-order valence-electron chi connectivity index (χ3n) is 5.51. The van der Waals surface area contributed by atoms with E-state index >= 15 is 0 Å². The van der Waals surface area contributed by atoms with Gasteiger partial charge in [0.15, 0.2) is 5.76 Å². The third-order valence-corrected chi connectivity index (χ3v) is 5.51. The highest BCUT2D eigenvalue weighted by atomic mass is 16.3. The van der Waals surface area contributed by atoms with E-state index in [0.29, 0.717) is 12.2 Å². The number of furan rings is 1. The molecule has 1 aliphatic rings. The first kappa shape index (κ1) is 19.0. The maximum Gasteiger partial charge on any atom is 0.294 e. The molecule has 1 aromatic heterocycles. The molecule has 4 rings (SSSR count). The summed E-state index contributed by atoms with van der Waals surface area (Å²) in [5, 5.41) is 0. The van der Waals surface area contributed by atoms with Gasteiger partial charge in [0.1, 0.15) is 0 Å². The molecule has 2 amide bonds. The van der Waals surface area contributed by atoms with Gasteiger partial charge in [0.25, 0.3) is 5.91 Å². The van der Waals surface area contributed by atoms with Crippen LogP contribution in [-0.2, 0) is 4.79 Å². The third kappa shape index (κ3) is 3.33. The molecule has 1 aliphatic heterocycles. The molecule has 5 heteroatoms. The van der Waals surface area contributed by atoms with Crippen LogP contribution in [0.5, 0.6) is 0 Å². The first-order valence-corrected chi connectivity index (χ1v) is 9.80. The number of rotatable bonds is 3. The van der Waals surface area contributed by atoms with Crippen LogP contribution in [-0.4, -0.2) is 17.9 Å². The normalized spacial score (nSPS) is 18.2. The van der Waals surface area contributed by atoms with E-state index in [1.807, 2.05) is 72.2 Å². The summed E-state index contributed by atoms with van der Waals surface area (Å²) in [4.78, 5) is 29.5. The van der Waals surface area contributed by atoms with Gasteiger partial charge in [-0.2, -0.15) is 0 Å². The minimum absolute atomic E-state index is 0.0216. The molecular weight excluding hydrogens is 364 g/mol. The van der Waals surface area contributed by atoms with Crippen molar-refractivity contribution >= 4 is 23.2 Å². The minimum Gasteiger partial charge on any atom is -0.459 e. The van der Waals surface area contributed by atoms with Gasteiger partial charge in [-0.1, -0.05) is 36.4 Å². The fraction of sp³-hybridized carbons (Fsp3) is 0.250. The standard InChI is InChI=1S/C24H24N2O3/c1-16-9-7-12-20-21(26(18(3)27)19-10-5-4-6-11-19)15-17(2)25(23(16)20)24(28)22-13-8-14-29-22/h4-14,17,21H,15H2,1-3H3. The summed E-state index contributed by atoms with van der Waals surface area (Å²) in [7, 11) is 0. The second-order valence-corrected chi connectivity index (χ2v) is 7.49. The molecular formula is C24H24N2O3. The summed E-state index contributed by atoms with van der Waals surface area (Å²) in [6.45, 7) is 5.61. The van der Waals surface area contributed by atoms with E-state index < -0.39 is 0 Å². The van der Waals surface area contributed by atoms with Crippen LogP contribution in [0.25, 0.3) is 0 Å². The van der Waals surface area contributed by atoms with E-state index in [2.05, 4.69) is 0 Å². The first-order valence-electron chi connectivity index (χ1n) is 9.80. The van der Waals surface area contributed by atoms with Gasteiger partial charge in [-0.15, -0.1) is 0 Å². The predicted molar refractivity (Wildman–Crippen MR) is 113 cm³/mol. The van der Waals surface area contributed by atoms with Crippen molar-refractivity contribution < 1.29 is 14.0 Å². The van der Waals surface area contributed by atoms with Crippen molar-refractivity contribution in [1.82, 2.24) is 0 Å². The van der Waals surface area contributed by atoms with Crippen LogP contribution < -0.4 is 9.80 Å². The number of nitrogens with zero attached hydrogens (tertiary/aromatic N) is 2. The lowest BCUT2D eigenvalue weighted by Crippen LogP contribution is -2.47. The van der Waals surface area contributed by atoms with Gasteiger partial charge in [-0.05, 0) is 55.7 Å². The van der Waals surface area contributed by atoms with Crippen molar-refractivity contribution in [1.29, 1.82) is 0 Å². The monoisotopic (exact) mass is 388 g/mol. The molecule has 2 aromatic carbocycles. The van der Waals surface area contributed by atoms with Crippen LogP contribution in [0.3, 0.4) is 0 Å². The van der Waals surface area contributed by atoms with Crippen LogP contribution >= 0.6 is 0 Å². The van der Waals surface area contributed by atoms with Gasteiger partial charge < -0.3 is 14.2 Å². The van der Waals surface area contributed by atoms with Crippen LogP contribution in [0.15, 0.2) is 71.3 Å². The highest BCUT2D eigenvalue weighted by Crippen LogP contribution is 2.44. The van der Waals surface area contributed by atoms with Crippen molar-refractivity contribution in [2.75, 3.05) is 9.80 Å². The molecule has 0 N–H and O–H groups in total. The fourth-order valence-corrected chi connectivity index (χ4v) is 4.29. The Morgan fingerprint density at radius 1 is 1.03 bits per heavy atom. The molecule has 0 aliphatic carbocycles. The quantitative estimate of drug-likeness (QED) is 0.626. The van der Waals surface area contributed by atoms with Crippen LogP contribution in [0.4, 0.5) is 11.4 Å². The van der Waals surface area contributed by atoms with Crippen molar-refractivity contribution in [2.24, 2.45) is 0 Å². The Balaban J connectivity index is 1.84. The Morgan fingerprint density at radius 2 is 1.79 bits per heavy atom. The lowest BCUT2D eigenvalue weighted by molar-refractivity contribution is -0.117. The number of anilines is 2. The van der Waals surface area contributed by atoms with Gasteiger partial charge in [0.05, 0.1) is 18.0 Å². The molecule has 0 bridgehead atoms. The average molecular weight is 388 g/mol. The first-order chi connectivity index (χ1) is 14.0. The predicted octanol–water partition coefficient (Wildman–Crippen LogP) is 5.12. The van der Waals surface area contributed by atoms with Gasteiger partial charge >= 0.3 is 0 Å². The molecule has 2 unspecified atom stereocenters. The molecule has 2 atom stereocenters. The van der Waals surface area contributed by atoms with Crippen LogP contribution in [0.2, 0.25) is 0 Å². The van der Waals surface area contributed by atoms with E-state index in [1.165, 1.54) is 6.26 Å². The number of aryl methyl sites for hydroxylation is 1. The lowest BCUT2D eigenvalue weighted by Gasteiger charge is -2.43. The molecule has 0 saturated heterocycles. The zero-order chi connectivity index (χ0) is 20.5. The maximum absolute atomic E-state index is 13.2. The summed E-state index contributed by atoms with van der Waals surface area (Å²) < 4.78 is 5.38. The summed E-state index contributed by atoms with van der Waals surface area (Å²) in [6.07, 6.45) is 2.15. The topological polar surface area (TPSA) is 53.8 Å². The molecule has 0 radical (unpaired) electrons. The number of amides is 2. The second kappa shape index (κ2) is 7.59. The average Bonchev–Trinajstić information content (AvgIpc) is 3.24. The summed E-state index contributed by atoms with van der Waals surface area (Å²) in [5.41, 5.74) is 3.69. The Bertz CT molecular complexity index is 1030. The largest absolute Gasteiger partial charge is 0.459 e. The van der Waals surface area contributed by atoms with E-state index in [0.717, 1.165) is 22.5 Å². The van der Waals surface area contributed by atoms with Crippen molar-refractivity contribution in [3.63, 3.8) is 0 Å². The van der Waals surface area contributed by atoms with Gasteiger partial charge in [-0.3, -0.25) is 9.59 Å². The van der Waals surface area contributed by atoms with Crippen molar-refractivity contribution in [3.8, 4) is 0 Å². The van der Waals surface area contributed by atoms with E-state index in [4.69, 9.17) is 4.42 Å². The number of benzene rings is 2. The highest BCUT2D eigenvalue weighted by molar-refractivity contribution is 6.06. The zero-order valence-corrected chi connectivity index (χ0v) is 16.8. The number of hydrogen-bond donors (Lipinski definition) is 0. The SMILES string of the molecule is CC(=O)N(c1ccccc1)C1CC(C)N(C(=O)c2ccco2)c2c(C)cccc21. The van der Waals surface area contributed by atoms with Gasteiger partial charge in [0.2, 0.25) is 5.91 Å². The summed E-state index contributed by atoms with van der Waals surface area (Å²) in [5.74, 6) is 0.133. The van der Waals surface area contributed by atoms with Crippen LogP contribution in [0.1, 0.15) is 48.0 Å². The van der Waals surface area contributed by atoms with Gasteiger partial charge in [0, 0.05) is 18.7 Å². The minimum atomic E-state index is -0.161. The molecule has 2 heterocycles. The van der Waals surface area contributed by atoms with Crippen molar-refractivity contribution in [3.05, 3.63) is 83.8 Å². The highest BCUT2D eigenvalue weighted by Gasteiger charge is 2.39. The number of carbonyl (C=O) groups is 2. The molecule has 0 spiro atoms. The number of carbonyl (C=O) groups excluding carboxylic acids is 2. The Labute approximate surface area is 170 Å². The molecule has 5 nitrogen and oxygen atoms in total. The molecule has 3 aromatic rings. The van der Waals surface area contributed by atoms with E-state index in [-0.39, 0.29) is 23.9 Å². The van der Waals surface area contributed by atoms with Gasteiger partial charge in [-0.25, -0.2) is 0 Å². The Hall–Kier alpha value is -3.34. The molecule has 148 valence electrons. The van der Waals surface area contributed by atoms with E-state index in [1.54, 1.807) is 19.1 Å². The van der Waals surface area contributed by atoms with E-state index in [9.17, 15) is 9.59 Å². The zero-order valence-electron chi connectivity index (χ0n) is 16.8. The Morgan fingerprint density at radius 3 is 2.45 bits per heavy atom. The number of fused-ring (bicyclic) bond motifs is 1. The number of hydrogen-bond acceptors (Lipinski definition) is 3. The lowest BCUT2D eigenvalue weighted by atomic mass is 9.88. The van der Waals surface area contributed by atoms with Crippen molar-refractivity contribution in [2.45, 2.75) is 39.3 Å². The smallest absolute Gasteiger partial charge is 0.294 e. The molecule has 0 saturated carbocycles. The molecule has 29 heavy (non-hydrogen) atoms. The second-order valence-electron chi connectivity index (χ2n) is 7.49.